The van der Waals surface area contributed by atoms with Crippen LogP contribution in [-0.2, 0) is 43.2 Å². The maximum Gasteiger partial charge on any atom is 0.325 e. The van der Waals surface area contributed by atoms with Gasteiger partial charge in [0, 0.05) is 29.5 Å². The van der Waals surface area contributed by atoms with Crippen LogP contribution >= 0.6 is 22.9 Å². The summed E-state index contributed by atoms with van der Waals surface area (Å²) in [7, 11) is 0. The zero-order chi connectivity index (χ0) is 30.8. The highest BCUT2D eigenvalue weighted by atomic mass is 35.5. The summed E-state index contributed by atoms with van der Waals surface area (Å²) in [5.41, 5.74) is 1.85. The minimum absolute atomic E-state index is 0.0606. The Labute approximate surface area is 260 Å². The Morgan fingerprint density at radius 2 is 1.70 bits per heavy atom. The Kier molecular flexibility index (Phi) is 11.6. The fourth-order valence-electron chi connectivity index (χ4n) is 4.99. The van der Waals surface area contributed by atoms with Gasteiger partial charge in [0.1, 0.15) is 18.3 Å². The molecule has 1 fully saturated rings. The third kappa shape index (κ3) is 9.30. The zero-order valence-electron chi connectivity index (χ0n) is 24.1. The van der Waals surface area contributed by atoms with Gasteiger partial charge in [0.15, 0.2) is 0 Å². The third-order valence-electron chi connectivity index (χ3n) is 7.33. The van der Waals surface area contributed by atoms with Gasteiger partial charge in [0.2, 0.25) is 17.7 Å². The molecule has 1 atom stereocenters. The monoisotopic (exact) mass is 625 g/mol. The molecule has 1 N–H and O–H groups in total. The maximum absolute atomic E-state index is 13.8. The van der Waals surface area contributed by atoms with Crippen molar-refractivity contribution in [1.82, 2.24) is 14.7 Å². The number of nitrogens with zero attached hydrogens (tertiary/aromatic N) is 3. The van der Waals surface area contributed by atoms with Crippen LogP contribution in [0.1, 0.15) is 29.3 Å². The van der Waals surface area contributed by atoms with E-state index in [0.29, 0.717) is 37.4 Å². The van der Waals surface area contributed by atoms with Crippen molar-refractivity contribution in [3.8, 4) is 5.75 Å². The van der Waals surface area contributed by atoms with Crippen molar-refractivity contribution in [3.63, 3.8) is 0 Å². The first kappa shape index (κ1) is 32.0. The van der Waals surface area contributed by atoms with Gasteiger partial charge in [-0.25, -0.2) is 0 Å². The number of rotatable bonds is 14. The fourth-order valence-corrected chi connectivity index (χ4v) is 5.82. The van der Waals surface area contributed by atoms with E-state index in [1.807, 2.05) is 29.6 Å². The molecule has 0 radical (unpaired) electrons. The van der Waals surface area contributed by atoms with Crippen LogP contribution in [0.4, 0.5) is 0 Å². The van der Waals surface area contributed by atoms with Gasteiger partial charge < -0.3 is 24.5 Å². The molecule has 0 saturated carbocycles. The Bertz CT molecular complexity index is 1380. The largest absolute Gasteiger partial charge is 0.508 e. The van der Waals surface area contributed by atoms with E-state index in [1.165, 1.54) is 14.7 Å². The summed E-state index contributed by atoms with van der Waals surface area (Å²) in [4.78, 5) is 58.9. The maximum atomic E-state index is 13.8. The standard InChI is InChI=1S/C32H36ClN3O6S/c1-2-42-31(40)22-34(16-13-24-7-11-26(37)12-8-24)29(38)20-28-32(41)35(17-14-23-5-9-25(33)10-6-23)21-30(39)36(28)18-15-27-4-3-19-43-27/h3-12,19,28,37H,2,13-18,20-22H2,1H3. The van der Waals surface area contributed by atoms with Crippen LogP contribution in [0.3, 0.4) is 0 Å². The minimum atomic E-state index is -0.989. The average molecular weight is 626 g/mol. The lowest BCUT2D eigenvalue weighted by Crippen LogP contribution is -2.61. The molecule has 3 amide bonds. The van der Waals surface area contributed by atoms with Crippen LogP contribution in [0.2, 0.25) is 5.02 Å². The normalized spacial score (nSPS) is 15.1. The molecule has 1 unspecified atom stereocenters. The molecule has 3 aromatic rings. The van der Waals surface area contributed by atoms with E-state index >= 15 is 0 Å². The lowest BCUT2D eigenvalue weighted by molar-refractivity contribution is -0.158. The van der Waals surface area contributed by atoms with E-state index in [9.17, 15) is 24.3 Å². The highest BCUT2D eigenvalue weighted by Crippen LogP contribution is 2.21. The summed E-state index contributed by atoms with van der Waals surface area (Å²) < 4.78 is 5.11. The molecule has 43 heavy (non-hydrogen) atoms. The number of piperazine rings is 1. The number of esters is 1. The first-order valence-electron chi connectivity index (χ1n) is 14.3. The molecule has 2 aromatic carbocycles. The average Bonchev–Trinajstić information content (AvgIpc) is 3.51. The summed E-state index contributed by atoms with van der Waals surface area (Å²) in [5, 5.41) is 12.2. The molecule has 9 nitrogen and oxygen atoms in total. The molecule has 0 aliphatic carbocycles. The molecule has 1 aromatic heterocycles. The lowest BCUT2D eigenvalue weighted by Gasteiger charge is -2.40. The number of carbonyl (C=O) groups excluding carboxylic acids is 4. The smallest absolute Gasteiger partial charge is 0.325 e. The van der Waals surface area contributed by atoms with Crippen molar-refractivity contribution in [1.29, 1.82) is 0 Å². The van der Waals surface area contributed by atoms with Gasteiger partial charge in [0.25, 0.3) is 0 Å². The number of ether oxygens (including phenoxy) is 1. The number of aromatic hydroxyl groups is 1. The van der Waals surface area contributed by atoms with Crippen LogP contribution in [0.15, 0.2) is 66.0 Å². The number of benzene rings is 2. The predicted octanol–water partition coefficient (Wildman–Crippen LogP) is 3.96. The van der Waals surface area contributed by atoms with Crippen LogP contribution in [0.25, 0.3) is 0 Å². The number of thiophene rings is 1. The van der Waals surface area contributed by atoms with Gasteiger partial charge in [-0.3, -0.25) is 19.2 Å². The van der Waals surface area contributed by atoms with Gasteiger partial charge >= 0.3 is 5.97 Å². The van der Waals surface area contributed by atoms with E-state index in [-0.39, 0.29) is 50.2 Å². The Morgan fingerprint density at radius 3 is 2.37 bits per heavy atom. The van der Waals surface area contributed by atoms with E-state index in [1.54, 1.807) is 54.7 Å². The molecular formula is C32H36ClN3O6S. The van der Waals surface area contributed by atoms with Crippen molar-refractivity contribution in [2.75, 3.05) is 39.3 Å². The second-order valence-corrected chi connectivity index (χ2v) is 11.8. The van der Waals surface area contributed by atoms with Crippen LogP contribution in [0.5, 0.6) is 5.75 Å². The number of carbonyl (C=O) groups is 4. The second-order valence-electron chi connectivity index (χ2n) is 10.3. The van der Waals surface area contributed by atoms with Gasteiger partial charge in [0.05, 0.1) is 19.6 Å². The number of hydrogen-bond acceptors (Lipinski definition) is 7. The SMILES string of the molecule is CCOC(=O)CN(CCc1ccc(O)cc1)C(=O)CC1C(=O)N(CCc2ccc(Cl)cc2)CC(=O)N1CCc1cccs1. The van der Waals surface area contributed by atoms with E-state index in [0.717, 1.165) is 16.0 Å². The van der Waals surface area contributed by atoms with E-state index < -0.39 is 17.9 Å². The highest BCUT2D eigenvalue weighted by Gasteiger charge is 2.41. The van der Waals surface area contributed by atoms with Crippen molar-refractivity contribution in [2.24, 2.45) is 0 Å². The molecule has 0 bridgehead atoms. The van der Waals surface area contributed by atoms with Gasteiger partial charge in [-0.1, -0.05) is 41.9 Å². The van der Waals surface area contributed by atoms with Crippen molar-refractivity contribution in [3.05, 3.63) is 87.1 Å². The quantitative estimate of drug-likeness (QED) is 0.272. The molecule has 2 heterocycles. The molecule has 0 spiro atoms. The molecule has 1 saturated heterocycles. The Hall–Kier alpha value is -3.89. The number of phenolic OH excluding ortho intramolecular Hbond substituents is 1. The molecule has 1 aliphatic heterocycles. The summed E-state index contributed by atoms with van der Waals surface area (Å²) in [6.07, 6.45) is 1.28. The van der Waals surface area contributed by atoms with Gasteiger partial charge in [-0.05, 0) is 73.0 Å². The molecular weight excluding hydrogens is 590 g/mol. The third-order valence-corrected chi connectivity index (χ3v) is 8.52. The molecule has 228 valence electrons. The van der Waals surface area contributed by atoms with Gasteiger partial charge in [-0.15, -0.1) is 11.3 Å². The molecule has 1 aliphatic rings. The molecule has 11 heteroatoms. The first-order chi connectivity index (χ1) is 20.7. The van der Waals surface area contributed by atoms with Crippen molar-refractivity contribution in [2.45, 2.75) is 38.6 Å². The number of amides is 3. The van der Waals surface area contributed by atoms with Crippen LogP contribution in [-0.4, -0.2) is 88.9 Å². The van der Waals surface area contributed by atoms with Crippen LogP contribution in [0, 0.1) is 0 Å². The van der Waals surface area contributed by atoms with Crippen molar-refractivity contribution >= 4 is 46.6 Å². The Balaban J connectivity index is 1.51. The second kappa shape index (κ2) is 15.5. The zero-order valence-corrected chi connectivity index (χ0v) is 25.7. The summed E-state index contributed by atoms with van der Waals surface area (Å²) in [6, 6.07) is 16.9. The minimum Gasteiger partial charge on any atom is -0.508 e. The van der Waals surface area contributed by atoms with E-state index in [2.05, 4.69) is 0 Å². The summed E-state index contributed by atoms with van der Waals surface area (Å²) in [6.45, 7) is 2.36. The lowest BCUT2D eigenvalue weighted by atomic mass is 10.0. The van der Waals surface area contributed by atoms with Crippen LogP contribution < -0.4 is 0 Å². The number of phenols is 1. The number of hydrogen-bond donors (Lipinski definition) is 1. The topological polar surface area (TPSA) is 107 Å². The van der Waals surface area contributed by atoms with E-state index in [4.69, 9.17) is 16.3 Å². The first-order valence-corrected chi connectivity index (χ1v) is 15.6. The predicted molar refractivity (Wildman–Crippen MR) is 165 cm³/mol. The fraction of sp³-hybridized carbons (Fsp3) is 0.375. The van der Waals surface area contributed by atoms with Gasteiger partial charge in [-0.2, -0.15) is 0 Å². The highest BCUT2D eigenvalue weighted by molar-refractivity contribution is 7.09. The summed E-state index contributed by atoms with van der Waals surface area (Å²) in [5.74, 6) is -1.34. The summed E-state index contributed by atoms with van der Waals surface area (Å²) >= 11 is 7.57. The van der Waals surface area contributed by atoms with Crippen molar-refractivity contribution < 1.29 is 29.0 Å². The molecule has 4 rings (SSSR count). The Morgan fingerprint density at radius 1 is 1.00 bits per heavy atom. The number of halogens is 1.